The van der Waals surface area contributed by atoms with Crippen LogP contribution in [0.25, 0.3) is 16.5 Å². The molecule has 0 unspecified atom stereocenters. The molecule has 104 valence electrons. The molecule has 0 amide bonds. The van der Waals surface area contributed by atoms with Crippen LogP contribution in [-0.2, 0) is 4.74 Å². The molecule has 3 aromatic rings. The molecular formula is C18H15NO2. The molecule has 0 radical (unpaired) electrons. The fraction of sp³-hybridized carbons (Fsp3) is 0.0556. The quantitative estimate of drug-likeness (QED) is 0.735. The van der Waals surface area contributed by atoms with Gasteiger partial charge in [-0.05, 0) is 52.4 Å². The monoisotopic (exact) mass is 277 g/mol. The summed E-state index contributed by atoms with van der Waals surface area (Å²) in [7, 11) is 1.38. The molecule has 0 saturated carbocycles. The molecule has 3 nitrogen and oxygen atoms in total. The van der Waals surface area contributed by atoms with Crippen LogP contribution in [0.3, 0.4) is 0 Å². The molecule has 0 bridgehead atoms. The fourth-order valence-corrected chi connectivity index (χ4v) is 2.33. The van der Waals surface area contributed by atoms with E-state index in [9.17, 15) is 4.79 Å². The minimum absolute atomic E-state index is 0.332. The van der Waals surface area contributed by atoms with E-state index in [2.05, 4.69) is 17.6 Å². The normalized spacial score (nSPS) is 10.5. The summed E-state index contributed by atoms with van der Waals surface area (Å²) in [6, 6.07) is 15.5. The number of fused-ring (bicyclic) bond motifs is 1. The van der Waals surface area contributed by atoms with Crippen molar-refractivity contribution in [1.82, 2.24) is 4.98 Å². The molecule has 0 aliphatic heterocycles. The summed E-state index contributed by atoms with van der Waals surface area (Å²) < 4.78 is 4.70. The highest BCUT2D eigenvalue weighted by atomic mass is 16.5. The molecule has 3 heteroatoms. The molecule has 0 aliphatic carbocycles. The number of aromatic nitrogens is 1. The maximum Gasteiger partial charge on any atom is 0.337 e. The van der Waals surface area contributed by atoms with Crippen LogP contribution < -0.4 is 0 Å². The number of carbonyl (C=O) groups is 1. The largest absolute Gasteiger partial charge is 0.465 e. The number of rotatable bonds is 3. The van der Waals surface area contributed by atoms with E-state index in [0.717, 1.165) is 27.6 Å². The third kappa shape index (κ3) is 2.46. The smallest absolute Gasteiger partial charge is 0.337 e. The lowest BCUT2D eigenvalue weighted by Gasteiger charge is -2.07. The van der Waals surface area contributed by atoms with Crippen molar-refractivity contribution in [2.75, 3.05) is 7.11 Å². The minimum atomic E-state index is -0.332. The topological polar surface area (TPSA) is 42.1 Å². The number of H-pyrrole nitrogens is 1. The highest BCUT2D eigenvalue weighted by molar-refractivity contribution is 5.91. The summed E-state index contributed by atoms with van der Waals surface area (Å²) >= 11 is 0. The Labute approximate surface area is 122 Å². The van der Waals surface area contributed by atoms with Crippen molar-refractivity contribution in [2.24, 2.45) is 0 Å². The van der Waals surface area contributed by atoms with Crippen LogP contribution in [0.5, 0.6) is 0 Å². The zero-order valence-electron chi connectivity index (χ0n) is 11.7. The molecule has 1 heterocycles. The lowest BCUT2D eigenvalue weighted by Crippen LogP contribution is -2.00. The number of hydrogen-bond acceptors (Lipinski definition) is 2. The van der Waals surface area contributed by atoms with E-state index in [0.29, 0.717) is 5.56 Å². The maximum absolute atomic E-state index is 11.4. The fourth-order valence-electron chi connectivity index (χ4n) is 2.33. The molecule has 1 aromatic heterocycles. The number of hydrogen-bond donors (Lipinski definition) is 1. The first-order valence-corrected chi connectivity index (χ1v) is 6.64. The van der Waals surface area contributed by atoms with Gasteiger partial charge < -0.3 is 9.72 Å². The molecule has 0 spiro atoms. The number of benzene rings is 2. The highest BCUT2D eigenvalue weighted by Crippen LogP contribution is 2.25. The number of ether oxygens (including phenoxy) is 1. The predicted molar refractivity (Wildman–Crippen MR) is 84.2 cm³/mol. The van der Waals surface area contributed by atoms with Crippen molar-refractivity contribution in [3.8, 4) is 0 Å². The molecule has 1 N–H and O–H groups in total. The van der Waals surface area contributed by atoms with Crippen LogP contribution in [0.4, 0.5) is 0 Å². The second-order valence-electron chi connectivity index (χ2n) is 4.83. The molecule has 3 rings (SSSR count). The summed E-state index contributed by atoms with van der Waals surface area (Å²) in [4.78, 5) is 14.6. The molecule has 0 aliphatic rings. The van der Waals surface area contributed by atoms with Gasteiger partial charge in [0.05, 0.1) is 12.7 Å². The summed E-state index contributed by atoms with van der Waals surface area (Å²) in [6.45, 7) is 4.15. The number of carbonyl (C=O) groups excluding carboxylic acids is 1. The van der Waals surface area contributed by atoms with E-state index < -0.39 is 0 Å². The second-order valence-corrected chi connectivity index (χ2v) is 4.83. The van der Waals surface area contributed by atoms with Crippen molar-refractivity contribution in [3.05, 3.63) is 78.0 Å². The van der Waals surface area contributed by atoms with E-state index in [4.69, 9.17) is 4.74 Å². The van der Waals surface area contributed by atoms with Gasteiger partial charge in [-0.25, -0.2) is 4.79 Å². The maximum atomic E-state index is 11.4. The first-order chi connectivity index (χ1) is 10.2. The first-order valence-electron chi connectivity index (χ1n) is 6.64. The second kappa shape index (κ2) is 5.29. The molecule has 21 heavy (non-hydrogen) atoms. The Bertz CT molecular complexity index is 813. The molecule has 0 fully saturated rings. The van der Waals surface area contributed by atoms with Gasteiger partial charge >= 0.3 is 5.97 Å². The van der Waals surface area contributed by atoms with Crippen LogP contribution in [0, 0.1) is 0 Å². The van der Waals surface area contributed by atoms with Crippen molar-refractivity contribution < 1.29 is 9.53 Å². The molecule has 0 saturated heterocycles. The molecular weight excluding hydrogens is 262 g/mol. The molecule has 0 atom stereocenters. The van der Waals surface area contributed by atoms with Gasteiger partial charge in [-0.2, -0.15) is 0 Å². The van der Waals surface area contributed by atoms with Crippen LogP contribution >= 0.6 is 0 Å². The van der Waals surface area contributed by atoms with Gasteiger partial charge in [0.25, 0.3) is 0 Å². The summed E-state index contributed by atoms with van der Waals surface area (Å²) in [6.07, 6.45) is 1.92. The van der Waals surface area contributed by atoms with Crippen molar-refractivity contribution in [1.29, 1.82) is 0 Å². The predicted octanol–water partition coefficient (Wildman–Crippen LogP) is 4.02. The first kappa shape index (κ1) is 13.2. The summed E-state index contributed by atoms with van der Waals surface area (Å²) in [5, 5.41) is 1.15. The van der Waals surface area contributed by atoms with Gasteiger partial charge in [0.15, 0.2) is 0 Å². The summed E-state index contributed by atoms with van der Waals surface area (Å²) in [5.41, 5.74) is 4.61. The zero-order valence-corrected chi connectivity index (χ0v) is 11.7. The highest BCUT2D eigenvalue weighted by Gasteiger charge is 2.07. The van der Waals surface area contributed by atoms with Crippen molar-refractivity contribution in [2.45, 2.75) is 0 Å². The van der Waals surface area contributed by atoms with Gasteiger partial charge in [0, 0.05) is 11.7 Å². The zero-order chi connectivity index (χ0) is 14.8. The Kier molecular flexibility index (Phi) is 3.32. The van der Waals surface area contributed by atoms with E-state index in [-0.39, 0.29) is 5.97 Å². The van der Waals surface area contributed by atoms with Crippen LogP contribution in [-0.4, -0.2) is 18.1 Å². The third-order valence-corrected chi connectivity index (χ3v) is 3.56. The van der Waals surface area contributed by atoms with Gasteiger partial charge in [-0.15, -0.1) is 0 Å². The van der Waals surface area contributed by atoms with E-state index in [1.165, 1.54) is 7.11 Å². The summed E-state index contributed by atoms with van der Waals surface area (Å²) in [5.74, 6) is -0.332. The Morgan fingerprint density at radius 3 is 2.38 bits per heavy atom. The average molecular weight is 277 g/mol. The number of esters is 1. The number of nitrogens with one attached hydrogen (secondary N) is 1. The van der Waals surface area contributed by atoms with Gasteiger partial charge in [-0.1, -0.05) is 24.8 Å². The minimum Gasteiger partial charge on any atom is -0.465 e. The Hall–Kier alpha value is -2.81. The number of methoxy groups -OCH3 is 1. The van der Waals surface area contributed by atoms with E-state index >= 15 is 0 Å². The van der Waals surface area contributed by atoms with Crippen LogP contribution in [0.15, 0.2) is 61.3 Å². The standard InChI is InChI=1S/C18H15NO2/c1-12(13-3-5-14(6-4-13)18(20)21-2)15-7-8-17-16(11-15)9-10-19-17/h3-11,19H,1H2,2H3. The van der Waals surface area contributed by atoms with Gasteiger partial charge in [0.2, 0.25) is 0 Å². The van der Waals surface area contributed by atoms with Crippen LogP contribution in [0.1, 0.15) is 21.5 Å². The third-order valence-electron chi connectivity index (χ3n) is 3.56. The van der Waals surface area contributed by atoms with E-state index in [1.807, 2.05) is 36.5 Å². The Morgan fingerprint density at radius 2 is 1.67 bits per heavy atom. The van der Waals surface area contributed by atoms with E-state index in [1.54, 1.807) is 12.1 Å². The van der Waals surface area contributed by atoms with Crippen molar-refractivity contribution >= 4 is 22.4 Å². The van der Waals surface area contributed by atoms with Crippen LogP contribution in [0.2, 0.25) is 0 Å². The van der Waals surface area contributed by atoms with Gasteiger partial charge in [0.1, 0.15) is 0 Å². The molecule has 2 aromatic carbocycles. The number of aromatic amines is 1. The lowest BCUT2D eigenvalue weighted by molar-refractivity contribution is 0.0600. The average Bonchev–Trinajstić information content (AvgIpc) is 3.01. The van der Waals surface area contributed by atoms with Crippen molar-refractivity contribution in [3.63, 3.8) is 0 Å². The van der Waals surface area contributed by atoms with Gasteiger partial charge in [-0.3, -0.25) is 0 Å². The Morgan fingerprint density at radius 1 is 1.00 bits per heavy atom. The Balaban J connectivity index is 1.92. The lowest BCUT2D eigenvalue weighted by atomic mass is 9.98. The SMILES string of the molecule is C=C(c1ccc(C(=O)OC)cc1)c1ccc2[nH]ccc2c1.